The van der Waals surface area contributed by atoms with E-state index in [9.17, 15) is 4.79 Å². The molecule has 102 valence electrons. The van der Waals surface area contributed by atoms with Gasteiger partial charge in [0.2, 0.25) is 0 Å². The highest BCUT2D eigenvalue weighted by Gasteiger charge is 2.30. The molecule has 0 radical (unpaired) electrons. The van der Waals surface area contributed by atoms with Crippen molar-refractivity contribution in [3.63, 3.8) is 0 Å². The first-order valence-corrected chi connectivity index (χ1v) is 7.31. The number of carbonyl (C=O) groups is 1. The quantitative estimate of drug-likeness (QED) is 0.924. The van der Waals surface area contributed by atoms with Crippen LogP contribution >= 0.6 is 15.9 Å². The summed E-state index contributed by atoms with van der Waals surface area (Å²) in [6, 6.07) is 0. The van der Waals surface area contributed by atoms with E-state index < -0.39 is 5.97 Å². The molecule has 1 aromatic rings. The number of hydrogen-bond donors (Lipinski definition) is 1. The fourth-order valence-corrected chi connectivity index (χ4v) is 3.56. The summed E-state index contributed by atoms with van der Waals surface area (Å²) in [6.45, 7) is 1.39. The zero-order chi connectivity index (χ0) is 13.4. The number of aliphatic carboxylic acids is 1. The van der Waals surface area contributed by atoms with Crippen molar-refractivity contribution in [2.24, 2.45) is 0 Å². The first-order chi connectivity index (χ1) is 9.18. The number of ether oxygens (including phenoxy) is 2. The third-order valence-electron chi connectivity index (χ3n) is 3.67. The van der Waals surface area contributed by atoms with Crippen molar-refractivity contribution in [2.75, 3.05) is 13.2 Å². The molecule has 5 heteroatoms. The SMILES string of the molecule is O=C(O)CCCc1c2c(c(Br)c3c1OCC3)OCC2. The molecule has 0 atom stereocenters. The first-order valence-electron chi connectivity index (χ1n) is 6.52. The summed E-state index contributed by atoms with van der Waals surface area (Å²) in [4.78, 5) is 10.6. The normalized spacial score (nSPS) is 15.6. The molecule has 0 unspecified atom stereocenters. The predicted molar refractivity (Wildman–Crippen MR) is 73.1 cm³/mol. The highest BCUT2D eigenvalue weighted by molar-refractivity contribution is 9.10. The molecule has 0 aromatic heterocycles. The van der Waals surface area contributed by atoms with Gasteiger partial charge in [0, 0.05) is 36.0 Å². The second kappa shape index (κ2) is 5.04. The molecule has 4 nitrogen and oxygen atoms in total. The van der Waals surface area contributed by atoms with Crippen LogP contribution in [0.4, 0.5) is 0 Å². The van der Waals surface area contributed by atoms with Crippen molar-refractivity contribution in [1.82, 2.24) is 0 Å². The molecule has 19 heavy (non-hydrogen) atoms. The van der Waals surface area contributed by atoms with E-state index in [0.29, 0.717) is 19.6 Å². The zero-order valence-corrected chi connectivity index (χ0v) is 12.1. The van der Waals surface area contributed by atoms with Crippen LogP contribution in [0.25, 0.3) is 0 Å². The Hall–Kier alpha value is -1.23. The Bertz CT molecular complexity index is 504. The second-order valence-electron chi connectivity index (χ2n) is 4.85. The van der Waals surface area contributed by atoms with Crippen LogP contribution in [0.2, 0.25) is 0 Å². The summed E-state index contributed by atoms with van der Waals surface area (Å²) in [5, 5.41) is 8.76. The number of carboxylic acid groups (broad SMARTS) is 1. The van der Waals surface area contributed by atoms with Crippen molar-refractivity contribution in [2.45, 2.75) is 32.1 Å². The van der Waals surface area contributed by atoms with Gasteiger partial charge in [0.25, 0.3) is 0 Å². The fraction of sp³-hybridized carbons (Fsp3) is 0.500. The summed E-state index contributed by atoms with van der Waals surface area (Å²) in [6.07, 6.45) is 3.35. The maximum absolute atomic E-state index is 10.6. The fourth-order valence-electron chi connectivity index (χ4n) is 2.83. The third kappa shape index (κ3) is 2.20. The number of rotatable bonds is 4. The summed E-state index contributed by atoms with van der Waals surface area (Å²) in [5.41, 5.74) is 3.52. The summed E-state index contributed by atoms with van der Waals surface area (Å²) >= 11 is 3.61. The Kier molecular flexibility index (Phi) is 3.39. The highest BCUT2D eigenvalue weighted by atomic mass is 79.9. The number of hydrogen-bond acceptors (Lipinski definition) is 3. The monoisotopic (exact) mass is 326 g/mol. The maximum Gasteiger partial charge on any atom is 0.303 e. The minimum Gasteiger partial charge on any atom is -0.493 e. The Labute approximate surface area is 119 Å². The van der Waals surface area contributed by atoms with E-state index in [2.05, 4.69) is 15.9 Å². The van der Waals surface area contributed by atoms with Crippen molar-refractivity contribution in [3.05, 3.63) is 21.2 Å². The number of halogens is 1. The van der Waals surface area contributed by atoms with Crippen LogP contribution in [-0.4, -0.2) is 24.3 Å². The van der Waals surface area contributed by atoms with E-state index in [1.165, 1.54) is 11.1 Å². The van der Waals surface area contributed by atoms with Crippen LogP contribution < -0.4 is 9.47 Å². The predicted octanol–water partition coefficient (Wildman–Crippen LogP) is 2.73. The maximum atomic E-state index is 10.6. The van der Waals surface area contributed by atoms with Crippen molar-refractivity contribution in [1.29, 1.82) is 0 Å². The highest BCUT2D eigenvalue weighted by Crippen LogP contribution is 2.47. The van der Waals surface area contributed by atoms with Crippen LogP contribution in [0.1, 0.15) is 29.5 Å². The molecule has 1 N–H and O–H groups in total. The van der Waals surface area contributed by atoms with Gasteiger partial charge in [-0.2, -0.15) is 0 Å². The third-order valence-corrected chi connectivity index (χ3v) is 4.50. The Morgan fingerprint density at radius 2 is 1.84 bits per heavy atom. The van der Waals surface area contributed by atoms with Crippen LogP contribution in [0.5, 0.6) is 11.5 Å². The van der Waals surface area contributed by atoms with Crippen molar-refractivity contribution < 1.29 is 19.4 Å². The summed E-state index contributed by atoms with van der Waals surface area (Å²) in [5.74, 6) is 1.15. The van der Waals surface area contributed by atoms with E-state index in [-0.39, 0.29) is 6.42 Å². The van der Waals surface area contributed by atoms with E-state index in [1.54, 1.807) is 0 Å². The molecule has 2 heterocycles. The van der Waals surface area contributed by atoms with Gasteiger partial charge in [0.15, 0.2) is 0 Å². The average molecular weight is 327 g/mol. The molecule has 0 fully saturated rings. The molecule has 0 spiro atoms. The average Bonchev–Trinajstić information content (AvgIpc) is 3.01. The van der Waals surface area contributed by atoms with Crippen LogP contribution in [0.15, 0.2) is 4.47 Å². The van der Waals surface area contributed by atoms with Gasteiger partial charge in [0.05, 0.1) is 17.7 Å². The second-order valence-corrected chi connectivity index (χ2v) is 5.65. The van der Waals surface area contributed by atoms with Gasteiger partial charge in [-0.25, -0.2) is 0 Å². The Morgan fingerprint density at radius 1 is 1.16 bits per heavy atom. The number of fused-ring (bicyclic) bond motifs is 2. The molecule has 2 aliphatic heterocycles. The molecule has 0 aliphatic carbocycles. The smallest absolute Gasteiger partial charge is 0.303 e. The Balaban J connectivity index is 1.96. The number of carboxylic acids is 1. The van der Waals surface area contributed by atoms with Gasteiger partial charge in [-0.3, -0.25) is 4.79 Å². The molecular formula is C14H15BrO4. The topological polar surface area (TPSA) is 55.8 Å². The summed E-state index contributed by atoms with van der Waals surface area (Å²) < 4.78 is 12.5. The van der Waals surface area contributed by atoms with E-state index in [0.717, 1.165) is 40.8 Å². The lowest BCUT2D eigenvalue weighted by Crippen LogP contribution is -2.01. The van der Waals surface area contributed by atoms with E-state index >= 15 is 0 Å². The van der Waals surface area contributed by atoms with Gasteiger partial charge in [-0.15, -0.1) is 0 Å². The van der Waals surface area contributed by atoms with Crippen LogP contribution in [0, 0.1) is 0 Å². The van der Waals surface area contributed by atoms with Gasteiger partial charge in [-0.05, 0) is 28.8 Å². The lowest BCUT2D eigenvalue weighted by Gasteiger charge is -2.14. The standard InChI is InChI=1S/C14H15BrO4/c15-12-10-5-7-18-13(10)8(2-1-3-11(16)17)9-4-6-19-14(9)12/h1-7H2,(H,16,17). The van der Waals surface area contributed by atoms with Crippen molar-refractivity contribution in [3.8, 4) is 11.5 Å². The molecule has 0 amide bonds. The van der Waals surface area contributed by atoms with Crippen LogP contribution in [-0.2, 0) is 24.1 Å². The minimum atomic E-state index is -0.748. The van der Waals surface area contributed by atoms with Crippen LogP contribution in [0.3, 0.4) is 0 Å². The lowest BCUT2D eigenvalue weighted by atomic mass is 9.95. The van der Waals surface area contributed by atoms with Crippen molar-refractivity contribution >= 4 is 21.9 Å². The molecule has 0 saturated heterocycles. The zero-order valence-electron chi connectivity index (χ0n) is 10.5. The number of benzene rings is 1. The minimum absolute atomic E-state index is 0.195. The van der Waals surface area contributed by atoms with E-state index in [4.69, 9.17) is 14.6 Å². The van der Waals surface area contributed by atoms with Gasteiger partial charge < -0.3 is 14.6 Å². The summed E-state index contributed by atoms with van der Waals surface area (Å²) in [7, 11) is 0. The van der Waals surface area contributed by atoms with Gasteiger partial charge in [-0.1, -0.05) is 0 Å². The molecule has 0 saturated carbocycles. The molecule has 1 aromatic carbocycles. The van der Waals surface area contributed by atoms with Gasteiger partial charge >= 0.3 is 5.97 Å². The first kappa shape index (κ1) is 12.8. The Morgan fingerprint density at radius 3 is 2.58 bits per heavy atom. The molecule has 3 rings (SSSR count). The molecular weight excluding hydrogens is 312 g/mol. The van der Waals surface area contributed by atoms with E-state index in [1.807, 2.05) is 0 Å². The van der Waals surface area contributed by atoms with Gasteiger partial charge in [0.1, 0.15) is 11.5 Å². The molecule has 0 bridgehead atoms. The largest absolute Gasteiger partial charge is 0.493 e. The lowest BCUT2D eigenvalue weighted by molar-refractivity contribution is -0.137. The molecule has 2 aliphatic rings.